The van der Waals surface area contributed by atoms with Crippen LogP contribution in [0.4, 0.5) is 0 Å². The molecule has 1 amide bonds. The van der Waals surface area contributed by atoms with E-state index in [1.165, 1.54) is 12.0 Å². The summed E-state index contributed by atoms with van der Waals surface area (Å²) in [6.07, 6.45) is 5.56. The Hall–Kier alpha value is -2.21. The zero-order valence-electron chi connectivity index (χ0n) is 16.3. The third-order valence-corrected chi connectivity index (χ3v) is 6.09. The number of carbonyl (C=O) groups is 1. The number of nitrogens with zero attached hydrogens (tertiary/aromatic N) is 4. The lowest BCUT2D eigenvalue weighted by molar-refractivity contribution is -0.135. The van der Waals surface area contributed by atoms with Gasteiger partial charge in [-0.05, 0) is 56.7 Å². The number of aromatic nitrogens is 3. The molecule has 144 valence electrons. The summed E-state index contributed by atoms with van der Waals surface area (Å²) >= 11 is 0. The van der Waals surface area contributed by atoms with Crippen molar-refractivity contribution in [3.05, 3.63) is 47.0 Å². The van der Waals surface area contributed by atoms with Crippen molar-refractivity contribution in [2.75, 3.05) is 19.6 Å². The summed E-state index contributed by atoms with van der Waals surface area (Å²) in [4.78, 5) is 22.1. The maximum absolute atomic E-state index is 13.0. The lowest BCUT2D eigenvalue weighted by Crippen LogP contribution is -2.47. The second-order valence-corrected chi connectivity index (χ2v) is 8.07. The van der Waals surface area contributed by atoms with Gasteiger partial charge in [0.2, 0.25) is 5.91 Å². The molecule has 3 fully saturated rings. The molecule has 2 aromatic heterocycles. The van der Waals surface area contributed by atoms with E-state index in [0.29, 0.717) is 24.3 Å². The summed E-state index contributed by atoms with van der Waals surface area (Å²) < 4.78 is 0. The number of rotatable bonds is 5. The molecule has 1 N–H and O–H groups in total. The number of aromatic amines is 1. The van der Waals surface area contributed by atoms with E-state index < -0.39 is 0 Å². The lowest BCUT2D eigenvalue weighted by atomic mass is 9.94. The van der Waals surface area contributed by atoms with Crippen LogP contribution >= 0.6 is 0 Å². The Bertz CT molecular complexity index is 768. The predicted octanol–water partition coefficient (Wildman–Crippen LogP) is 2.48. The standard InChI is InChI=1S/C21H29N5O/c1-15-20(16(2)24-23-15)8-9-21(27)26-12-17-6-7-19(26)14-25(11-17)13-18-5-3-4-10-22-18/h3-5,10,17,19H,6-9,11-14H2,1-2H3,(H,23,24)/t17-,19+/m0/s1. The number of amides is 1. The first kappa shape index (κ1) is 18.2. The summed E-state index contributed by atoms with van der Waals surface area (Å²) in [6, 6.07) is 6.43. The van der Waals surface area contributed by atoms with E-state index in [4.69, 9.17) is 0 Å². The van der Waals surface area contributed by atoms with E-state index in [0.717, 1.165) is 56.1 Å². The quantitative estimate of drug-likeness (QED) is 0.882. The van der Waals surface area contributed by atoms with Crippen molar-refractivity contribution in [1.29, 1.82) is 0 Å². The van der Waals surface area contributed by atoms with Gasteiger partial charge in [-0.2, -0.15) is 5.10 Å². The van der Waals surface area contributed by atoms with Gasteiger partial charge in [-0.15, -0.1) is 0 Å². The van der Waals surface area contributed by atoms with Crippen molar-refractivity contribution >= 4 is 5.91 Å². The molecule has 2 aromatic rings. The van der Waals surface area contributed by atoms with Gasteiger partial charge in [0, 0.05) is 50.5 Å². The van der Waals surface area contributed by atoms with Crippen LogP contribution in [0.5, 0.6) is 0 Å². The van der Waals surface area contributed by atoms with Crippen molar-refractivity contribution in [2.24, 2.45) is 5.92 Å². The molecule has 3 saturated heterocycles. The minimum absolute atomic E-state index is 0.296. The molecule has 0 saturated carbocycles. The predicted molar refractivity (Wildman–Crippen MR) is 104 cm³/mol. The third-order valence-electron chi connectivity index (χ3n) is 6.09. The molecule has 2 atom stereocenters. The van der Waals surface area contributed by atoms with E-state index in [-0.39, 0.29) is 0 Å². The first-order valence-corrected chi connectivity index (χ1v) is 10.0. The van der Waals surface area contributed by atoms with Crippen LogP contribution in [0.25, 0.3) is 0 Å². The van der Waals surface area contributed by atoms with E-state index in [9.17, 15) is 4.79 Å². The van der Waals surface area contributed by atoms with Crippen molar-refractivity contribution in [3.63, 3.8) is 0 Å². The van der Waals surface area contributed by atoms with Crippen molar-refractivity contribution in [1.82, 2.24) is 25.0 Å². The van der Waals surface area contributed by atoms with Crippen LogP contribution in [-0.2, 0) is 17.8 Å². The molecule has 6 heteroatoms. The molecule has 0 spiro atoms. The van der Waals surface area contributed by atoms with Gasteiger partial charge in [-0.1, -0.05) is 6.07 Å². The Morgan fingerprint density at radius 3 is 2.85 bits per heavy atom. The average Bonchev–Trinajstić information content (AvgIpc) is 2.83. The number of hydrogen-bond acceptors (Lipinski definition) is 4. The smallest absolute Gasteiger partial charge is 0.223 e. The van der Waals surface area contributed by atoms with Crippen LogP contribution < -0.4 is 0 Å². The highest BCUT2D eigenvalue weighted by atomic mass is 16.2. The average molecular weight is 367 g/mol. The second kappa shape index (κ2) is 7.80. The van der Waals surface area contributed by atoms with Crippen LogP contribution in [0.1, 0.15) is 41.9 Å². The van der Waals surface area contributed by atoms with Gasteiger partial charge in [-0.25, -0.2) is 0 Å². The van der Waals surface area contributed by atoms with Gasteiger partial charge < -0.3 is 4.90 Å². The fourth-order valence-corrected chi connectivity index (χ4v) is 4.65. The number of hydrogen-bond donors (Lipinski definition) is 1. The first-order chi connectivity index (χ1) is 13.1. The Morgan fingerprint density at radius 2 is 2.11 bits per heavy atom. The SMILES string of the molecule is Cc1n[nH]c(C)c1CCC(=O)N1C[C@H]2CC[C@@H]1CN(Cc1ccccn1)C2. The number of aryl methyl sites for hydroxylation is 2. The molecule has 0 aliphatic carbocycles. The van der Waals surface area contributed by atoms with Gasteiger partial charge in [-0.3, -0.25) is 19.8 Å². The second-order valence-electron chi connectivity index (χ2n) is 8.07. The number of H-pyrrole nitrogens is 1. The summed E-state index contributed by atoms with van der Waals surface area (Å²) in [7, 11) is 0. The molecule has 6 nitrogen and oxygen atoms in total. The molecule has 0 radical (unpaired) electrons. The minimum Gasteiger partial charge on any atom is -0.338 e. The summed E-state index contributed by atoms with van der Waals surface area (Å²) in [6.45, 7) is 7.85. The van der Waals surface area contributed by atoms with Crippen molar-refractivity contribution in [2.45, 2.75) is 52.1 Å². The number of carbonyl (C=O) groups excluding carboxylic acids is 1. The zero-order chi connectivity index (χ0) is 18.8. The molecular weight excluding hydrogens is 338 g/mol. The van der Waals surface area contributed by atoms with E-state index in [1.54, 1.807) is 0 Å². The van der Waals surface area contributed by atoms with E-state index in [1.807, 2.05) is 32.2 Å². The normalized spacial score (nSPS) is 22.8. The summed E-state index contributed by atoms with van der Waals surface area (Å²) in [5, 5.41) is 7.27. The number of nitrogens with one attached hydrogen (secondary N) is 1. The van der Waals surface area contributed by atoms with Crippen LogP contribution in [0.3, 0.4) is 0 Å². The van der Waals surface area contributed by atoms with E-state index in [2.05, 4.69) is 31.0 Å². The minimum atomic E-state index is 0.296. The topological polar surface area (TPSA) is 65.1 Å². The molecule has 2 bridgehead atoms. The lowest BCUT2D eigenvalue weighted by Gasteiger charge is -2.36. The summed E-state index contributed by atoms with van der Waals surface area (Å²) in [5.74, 6) is 0.873. The third kappa shape index (κ3) is 4.05. The van der Waals surface area contributed by atoms with Crippen molar-refractivity contribution in [3.8, 4) is 0 Å². The van der Waals surface area contributed by atoms with Crippen LogP contribution in [0.2, 0.25) is 0 Å². The number of pyridine rings is 1. The molecule has 5 rings (SSSR count). The van der Waals surface area contributed by atoms with Gasteiger partial charge in [0.1, 0.15) is 0 Å². The highest BCUT2D eigenvalue weighted by Gasteiger charge is 2.36. The Labute approximate surface area is 161 Å². The van der Waals surface area contributed by atoms with Gasteiger partial charge in [0.25, 0.3) is 0 Å². The Balaban J connectivity index is 1.39. The fraction of sp³-hybridized carbons (Fsp3) is 0.571. The maximum atomic E-state index is 13.0. The Morgan fingerprint density at radius 1 is 1.22 bits per heavy atom. The molecule has 0 unspecified atom stereocenters. The van der Waals surface area contributed by atoms with Crippen LogP contribution in [0, 0.1) is 19.8 Å². The monoisotopic (exact) mass is 367 g/mol. The molecule has 27 heavy (non-hydrogen) atoms. The van der Waals surface area contributed by atoms with Gasteiger partial charge >= 0.3 is 0 Å². The van der Waals surface area contributed by atoms with Crippen molar-refractivity contribution < 1.29 is 4.79 Å². The van der Waals surface area contributed by atoms with E-state index >= 15 is 0 Å². The molecule has 3 aliphatic rings. The highest BCUT2D eigenvalue weighted by Crippen LogP contribution is 2.29. The number of piperidine rings is 1. The largest absolute Gasteiger partial charge is 0.338 e. The van der Waals surface area contributed by atoms with Crippen LogP contribution in [-0.4, -0.2) is 56.6 Å². The molecular formula is C21H29N5O. The number of fused-ring (bicyclic) bond motifs is 4. The van der Waals surface area contributed by atoms with Gasteiger partial charge in [0.15, 0.2) is 0 Å². The Kier molecular flexibility index (Phi) is 5.25. The van der Waals surface area contributed by atoms with Crippen LogP contribution in [0.15, 0.2) is 24.4 Å². The van der Waals surface area contributed by atoms with Gasteiger partial charge in [0.05, 0.1) is 11.4 Å². The maximum Gasteiger partial charge on any atom is 0.223 e. The molecule has 0 aromatic carbocycles. The fourth-order valence-electron chi connectivity index (χ4n) is 4.65. The molecule has 5 heterocycles. The summed E-state index contributed by atoms with van der Waals surface area (Å²) in [5.41, 5.74) is 4.40. The molecule has 3 aliphatic heterocycles. The first-order valence-electron chi connectivity index (χ1n) is 10.0. The highest BCUT2D eigenvalue weighted by molar-refractivity contribution is 5.77. The zero-order valence-corrected chi connectivity index (χ0v) is 16.3.